The third-order valence-corrected chi connectivity index (χ3v) is 4.85. The summed E-state index contributed by atoms with van der Waals surface area (Å²) in [5.74, 6) is 0. The summed E-state index contributed by atoms with van der Waals surface area (Å²) in [7, 11) is 0. The second-order valence-electron chi connectivity index (χ2n) is 6.05. The van der Waals surface area contributed by atoms with Gasteiger partial charge in [0.1, 0.15) is 10.7 Å². The van der Waals surface area contributed by atoms with Crippen LogP contribution in [0.3, 0.4) is 0 Å². The lowest BCUT2D eigenvalue weighted by Crippen LogP contribution is -2.35. The molecule has 0 aliphatic carbocycles. The van der Waals surface area contributed by atoms with Gasteiger partial charge in [-0.05, 0) is 18.2 Å². The maximum Gasteiger partial charge on any atom is 0.433 e. The molecule has 3 heterocycles. The molecule has 4 rings (SSSR count). The molecule has 142 valence electrons. The number of rotatable bonds is 2. The molecule has 2 aromatic heterocycles. The zero-order valence-electron chi connectivity index (χ0n) is 13.7. The average molecular weight is 417 g/mol. The minimum atomic E-state index is -4.63. The van der Waals surface area contributed by atoms with Gasteiger partial charge in [0.25, 0.3) is 0 Å². The number of aromatic nitrogens is 3. The highest BCUT2D eigenvalue weighted by molar-refractivity contribution is 6.34. The highest BCUT2D eigenvalue weighted by atomic mass is 35.5. The summed E-state index contributed by atoms with van der Waals surface area (Å²) in [6, 6.07) is 6.93. The highest BCUT2D eigenvalue weighted by Crippen LogP contribution is 2.36. The first-order chi connectivity index (χ1) is 12.8. The molecule has 3 aromatic rings. The van der Waals surface area contributed by atoms with Crippen LogP contribution < -0.4 is 5.32 Å². The number of hydrogen-bond donors (Lipinski definition) is 1. The number of alkyl halides is 3. The topological polar surface area (TPSA) is 51.5 Å². The summed E-state index contributed by atoms with van der Waals surface area (Å²) >= 11 is 12.2. The summed E-state index contributed by atoms with van der Waals surface area (Å²) < 4.78 is 47.1. The Labute approximate surface area is 162 Å². The number of ether oxygens (including phenoxy) is 1. The second-order valence-corrected chi connectivity index (χ2v) is 6.86. The Hall–Kier alpha value is -1.87. The normalized spacial score (nSPS) is 18.2. The maximum absolute atomic E-state index is 13.7. The molecule has 0 bridgehead atoms. The van der Waals surface area contributed by atoms with Crippen LogP contribution in [-0.4, -0.2) is 34.4 Å². The van der Waals surface area contributed by atoms with E-state index in [0.717, 1.165) is 10.6 Å². The van der Waals surface area contributed by atoms with E-state index in [0.29, 0.717) is 23.7 Å². The van der Waals surface area contributed by atoms with Crippen LogP contribution in [0.25, 0.3) is 16.9 Å². The Kier molecular flexibility index (Phi) is 4.75. The van der Waals surface area contributed by atoms with Crippen molar-refractivity contribution in [1.82, 2.24) is 19.9 Å². The summed E-state index contributed by atoms with van der Waals surface area (Å²) in [6.07, 6.45) is -4.63. The first-order valence-electron chi connectivity index (χ1n) is 8.08. The minimum absolute atomic E-state index is 0.0567. The van der Waals surface area contributed by atoms with Crippen molar-refractivity contribution in [3.05, 3.63) is 51.8 Å². The molecule has 1 aliphatic rings. The Morgan fingerprint density at radius 3 is 2.56 bits per heavy atom. The molecule has 1 atom stereocenters. The number of fused-ring (bicyclic) bond motifs is 1. The van der Waals surface area contributed by atoms with Gasteiger partial charge >= 0.3 is 6.18 Å². The van der Waals surface area contributed by atoms with E-state index in [1.807, 2.05) is 0 Å². The number of halogens is 5. The van der Waals surface area contributed by atoms with Crippen molar-refractivity contribution >= 4 is 28.8 Å². The molecule has 1 unspecified atom stereocenters. The molecule has 1 fully saturated rings. The molecular formula is C17H13Cl2F3N4O. The van der Waals surface area contributed by atoms with Crippen molar-refractivity contribution in [2.75, 3.05) is 19.8 Å². The van der Waals surface area contributed by atoms with Crippen LogP contribution in [0.5, 0.6) is 0 Å². The van der Waals surface area contributed by atoms with Gasteiger partial charge in [-0.1, -0.05) is 35.3 Å². The van der Waals surface area contributed by atoms with E-state index < -0.39 is 17.9 Å². The van der Waals surface area contributed by atoms with Gasteiger partial charge in [-0.3, -0.25) is 0 Å². The van der Waals surface area contributed by atoms with Crippen molar-refractivity contribution in [3.8, 4) is 11.3 Å². The van der Waals surface area contributed by atoms with E-state index in [4.69, 9.17) is 27.9 Å². The standard InChI is InChI=1S/C17H13Cl2F3N4O/c18-10-3-1-9(2-4-10)11-7-13(17(20,21)22)26-16(24-11)14(19)15(25-26)12-8-27-6-5-23-12/h1-4,7,12,23H,5-6,8H2. The van der Waals surface area contributed by atoms with Crippen molar-refractivity contribution in [2.45, 2.75) is 12.2 Å². The number of hydrogen-bond acceptors (Lipinski definition) is 4. The quantitative estimate of drug-likeness (QED) is 0.673. The lowest BCUT2D eigenvalue weighted by atomic mass is 10.1. The fraction of sp³-hybridized carbons (Fsp3) is 0.294. The molecule has 0 radical (unpaired) electrons. The molecule has 1 N–H and O–H groups in total. The van der Waals surface area contributed by atoms with Gasteiger partial charge in [0.15, 0.2) is 11.3 Å². The summed E-state index contributed by atoms with van der Waals surface area (Å²) in [4.78, 5) is 4.32. The summed E-state index contributed by atoms with van der Waals surface area (Å²) in [5, 5.41) is 7.77. The Morgan fingerprint density at radius 1 is 1.19 bits per heavy atom. The molecule has 0 saturated carbocycles. The third kappa shape index (κ3) is 3.50. The van der Waals surface area contributed by atoms with E-state index in [-0.39, 0.29) is 28.7 Å². The Bertz CT molecular complexity index is 982. The lowest BCUT2D eigenvalue weighted by Gasteiger charge is -2.22. The molecule has 27 heavy (non-hydrogen) atoms. The zero-order chi connectivity index (χ0) is 19.2. The number of benzene rings is 1. The van der Waals surface area contributed by atoms with Gasteiger partial charge in [0, 0.05) is 17.1 Å². The van der Waals surface area contributed by atoms with Crippen molar-refractivity contribution in [2.24, 2.45) is 0 Å². The number of nitrogens with one attached hydrogen (secondary N) is 1. The predicted octanol–water partition coefficient (Wildman–Crippen LogP) is 4.38. The largest absolute Gasteiger partial charge is 0.433 e. The predicted molar refractivity (Wildman–Crippen MR) is 95.0 cm³/mol. The second kappa shape index (κ2) is 6.94. The van der Waals surface area contributed by atoms with E-state index >= 15 is 0 Å². The molecule has 1 aliphatic heterocycles. The van der Waals surface area contributed by atoms with Crippen LogP contribution in [0.4, 0.5) is 13.2 Å². The molecule has 0 amide bonds. The molecule has 1 saturated heterocycles. The SMILES string of the molecule is FC(F)(F)c1cc(-c2ccc(Cl)cc2)nc2c(Cl)c(C3COCCN3)nn12. The molecule has 1 aromatic carbocycles. The minimum Gasteiger partial charge on any atom is -0.378 e. The van der Waals surface area contributed by atoms with Gasteiger partial charge in [-0.25, -0.2) is 9.50 Å². The van der Waals surface area contributed by atoms with Crippen LogP contribution in [0.2, 0.25) is 10.0 Å². The van der Waals surface area contributed by atoms with Gasteiger partial charge in [-0.2, -0.15) is 18.3 Å². The van der Waals surface area contributed by atoms with E-state index in [2.05, 4.69) is 15.4 Å². The highest BCUT2D eigenvalue weighted by Gasteiger charge is 2.37. The molecule has 0 spiro atoms. The van der Waals surface area contributed by atoms with Crippen LogP contribution in [-0.2, 0) is 10.9 Å². The first-order valence-corrected chi connectivity index (χ1v) is 8.83. The monoisotopic (exact) mass is 416 g/mol. The lowest BCUT2D eigenvalue weighted by molar-refractivity contribution is -0.142. The molecule has 5 nitrogen and oxygen atoms in total. The Morgan fingerprint density at radius 2 is 1.93 bits per heavy atom. The summed E-state index contributed by atoms with van der Waals surface area (Å²) in [6.45, 7) is 1.35. The first kappa shape index (κ1) is 18.5. The van der Waals surface area contributed by atoms with Crippen molar-refractivity contribution in [3.63, 3.8) is 0 Å². The van der Waals surface area contributed by atoms with Gasteiger partial charge in [0.2, 0.25) is 0 Å². The van der Waals surface area contributed by atoms with E-state index in [1.54, 1.807) is 24.3 Å². The van der Waals surface area contributed by atoms with Crippen LogP contribution in [0, 0.1) is 0 Å². The fourth-order valence-corrected chi connectivity index (χ4v) is 3.36. The number of nitrogens with zero attached hydrogens (tertiary/aromatic N) is 3. The van der Waals surface area contributed by atoms with Crippen LogP contribution >= 0.6 is 23.2 Å². The van der Waals surface area contributed by atoms with E-state index in [9.17, 15) is 13.2 Å². The number of morpholine rings is 1. The van der Waals surface area contributed by atoms with Gasteiger partial charge < -0.3 is 10.1 Å². The van der Waals surface area contributed by atoms with Crippen LogP contribution in [0.1, 0.15) is 17.4 Å². The molecular weight excluding hydrogens is 404 g/mol. The smallest absolute Gasteiger partial charge is 0.378 e. The van der Waals surface area contributed by atoms with Crippen molar-refractivity contribution in [1.29, 1.82) is 0 Å². The van der Waals surface area contributed by atoms with Crippen molar-refractivity contribution < 1.29 is 17.9 Å². The maximum atomic E-state index is 13.7. The van der Waals surface area contributed by atoms with Gasteiger partial charge in [0.05, 0.1) is 24.9 Å². The zero-order valence-corrected chi connectivity index (χ0v) is 15.2. The van der Waals surface area contributed by atoms with Gasteiger partial charge in [-0.15, -0.1) is 0 Å². The third-order valence-electron chi connectivity index (χ3n) is 4.24. The fourth-order valence-electron chi connectivity index (χ4n) is 2.94. The average Bonchev–Trinajstić information content (AvgIpc) is 2.98. The molecule has 10 heteroatoms. The van der Waals surface area contributed by atoms with Crippen LogP contribution in [0.15, 0.2) is 30.3 Å². The van der Waals surface area contributed by atoms with E-state index in [1.165, 1.54) is 0 Å². The summed E-state index contributed by atoms with van der Waals surface area (Å²) in [5.41, 5.74) is -0.109. The Balaban J connectivity index is 1.92.